The van der Waals surface area contributed by atoms with Crippen LogP contribution >= 0.6 is 24.8 Å². The van der Waals surface area contributed by atoms with E-state index in [0.29, 0.717) is 25.4 Å². The van der Waals surface area contributed by atoms with E-state index in [9.17, 15) is 17.6 Å². The van der Waals surface area contributed by atoms with Crippen molar-refractivity contribution in [2.75, 3.05) is 26.2 Å². The number of hydrogen-bond acceptors (Lipinski definition) is 2. The van der Waals surface area contributed by atoms with Gasteiger partial charge < -0.3 is 5.32 Å². The zero-order valence-corrected chi connectivity index (χ0v) is 14.7. The van der Waals surface area contributed by atoms with E-state index < -0.39 is 23.6 Å². The molecule has 1 atom stereocenters. The fourth-order valence-corrected chi connectivity index (χ4v) is 3.24. The van der Waals surface area contributed by atoms with Gasteiger partial charge in [0, 0.05) is 37.8 Å². The zero-order valence-electron chi connectivity index (χ0n) is 13.1. The normalized spacial score (nSPS) is 20.0. The minimum Gasteiger partial charge on any atom is -0.314 e. The van der Waals surface area contributed by atoms with Crippen molar-refractivity contribution in [2.45, 2.75) is 31.5 Å². The molecular weight excluding hydrogens is 367 g/mol. The highest BCUT2D eigenvalue weighted by Crippen LogP contribution is 2.44. The highest BCUT2D eigenvalue weighted by atomic mass is 35.5. The van der Waals surface area contributed by atoms with Crippen molar-refractivity contribution < 1.29 is 17.6 Å². The summed E-state index contributed by atoms with van der Waals surface area (Å²) in [5, 5.41) is 3.19. The number of piperazine rings is 1. The van der Waals surface area contributed by atoms with Crippen molar-refractivity contribution in [1.82, 2.24) is 10.2 Å². The van der Waals surface area contributed by atoms with Gasteiger partial charge in [0.15, 0.2) is 0 Å². The number of nitrogens with zero attached hydrogens (tertiary/aromatic N) is 1. The summed E-state index contributed by atoms with van der Waals surface area (Å²) in [6.45, 7) is 2.78. The predicted molar refractivity (Wildman–Crippen MR) is 90.4 cm³/mol. The first-order valence-corrected chi connectivity index (χ1v) is 7.77. The van der Waals surface area contributed by atoms with E-state index in [-0.39, 0.29) is 30.4 Å². The fraction of sp³-hybridized carbons (Fsp3) is 0.625. The molecule has 8 heteroatoms. The molecule has 2 fully saturated rings. The number of hydrogen-bond donors (Lipinski definition) is 1. The Balaban J connectivity index is 0.00000144. The van der Waals surface area contributed by atoms with E-state index in [1.54, 1.807) is 0 Å². The molecule has 1 saturated heterocycles. The molecule has 2 nitrogen and oxygen atoms in total. The van der Waals surface area contributed by atoms with Crippen molar-refractivity contribution in [3.63, 3.8) is 0 Å². The summed E-state index contributed by atoms with van der Waals surface area (Å²) < 4.78 is 54.2. The Morgan fingerprint density at radius 1 is 1.12 bits per heavy atom. The Morgan fingerprint density at radius 3 is 2.29 bits per heavy atom. The summed E-state index contributed by atoms with van der Waals surface area (Å²) in [5.74, 6) is -0.306. The molecule has 24 heavy (non-hydrogen) atoms. The molecule has 0 amide bonds. The van der Waals surface area contributed by atoms with Crippen LogP contribution in [0.3, 0.4) is 0 Å². The van der Waals surface area contributed by atoms with Crippen LogP contribution in [0.15, 0.2) is 18.2 Å². The maximum absolute atomic E-state index is 14.3. The molecule has 0 bridgehead atoms. The van der Waals surface area contributed by atoms with Gasteiger partial charge in [0.05, 0.1) is 5.56 Å². The number of alkyl halides is 3. The molecule has 1 aromatic carbocycles. The van der Waals surface area contributed by atoms with Crippen LogP contribution in [0.4, 0.5) is 17.6 Å². The molecule has 1 saturated carbocycles. The van der Waals surface area contributed by atoms with Crippen LogP contribution in [0.25, 0.3) is 0 Å². The standard InChI is InChI=1S/C16H20F4N2.2ClH/c17-13-3-1-2-12(16(18,19)20)15(13)14(10-11-4-5-11)22-8-6-21-7-9-22;;/h1-3,11,14,21H,4-10H2;2*1H/t14-;;/m0../s1. The lowest BCUT2D eigenvalue weighted by Gasteiger charge is -2.36. The van der Waals surface area contributed by atoms with Gasteiger partial charge in [0.25, 0.3) is 0 Å². The number of benzene rings is 1. The van der Waals surface area contributed by atoms with E-state index >= 15 is 0 Å². The highest BCUT2D eigenvalue weighted by molar-refractivity contribution is 5.85. The molecule has 0 radical (unpaired) electrons. The van der Waals surface area contributed by atoms with Crippen molar-refractivity contribution in [2.24, 2.45) is 5.92 Å². The predicted octanol–water partition coefficient (Wildman–Crippen LogP) is 4.43. The molecule has 1 N–H and O–H groups in total. The summed E-state index contributed by atoms with van der Waals surface area (Å²) in [6.07, 6.45) is -1.83. The average molecular weight is 389 g/mol. The number of rotatable bonds is 4. The smallest absolute Gasteiger partial charge is 0.314 e. The summed E-state index contributed by atoms with van der Waals surface area (Å²) in [6, 6.07) is 2.81. The van der Waals surface area contributed by atoms with Gasteiger partial charge in [-0.25, -0.2) is 4.39 Å². The van der Waals surface area contributed by atoms with E-state index in [1.807, 2.05) is 4.90 Å². The minimum absolute atomic E-state index is 0. The Morgan fingerprint density at radius 2 is 1.75 bits per heavy atom. The second-order valence-corrected chi connectivity index (χ2v) is 6.18. The Labute approximate surface area is 151 Å². The molecule has 2 aliphatic rings. The van der Waals surface area contributed by atoms with Gasteiger partial charge in [-0.3, -0.25) is 4.90 Å². The van der Waals surface area contributed by atoms with Crippen molar-refractivity contribution in [1.29, 1.82) is 0 Å². The average Bonchev–Trinajstić information content (AvgIpc) is 3.29. The number of nitrogens with one attached hydrogen (secondary N) is 1. The summed E-state index contributed by atoms with van der Waals surface area (Å²) in [5.41, 5.74) is -0.986. The van der Waals surface area contributed by atoms with Gasteiger partial charge in [-0.15, -0.1) is 24.8 Å². The first kappa shape index (κ1) is 21.5. The van der Waals surface area contributed by atoms with Crippen LogP contribution in [0.5, 0.6) is 0 Å². The quantitative estimate of drug-likeness (QED) is 0.767. The van der Waals surface area contributed by atoms with Crippen LogP contribution in [-0.4, -0.2) is 31.1 Å². The lowest BCUT2D eigenvalue weighted by molar-refractivity contribution is -0.139. The monoisotopic (exact) mass is 388 g/mol. The summed E-state index contributed by atoms with van der Waals surface area (Å²) in [7, 11) is 0. The third kappa shape index (κ3) is 4.97. The molecule has 138 valence electrons. The van der Waals surface area contributed by atoms with Crippen LogP contribution < -0.4 is 5.32 Å². The van der Waals surface area contributed by atoms with Crippen molar-refractivity contribution >= 4 is 24.8 Å². The van der Waals surface area contributed by atoms with E-state index in [4.69, 9.17) is 0 Å². The number of halogens is 6. The Kier molecular flexibility index (Phi) is 7.78. The molecule has 1 aliphatic heterocycles. The third-order valence-corrected chi connectivity index (χ3v) is 4.54. The van der Waals surface area contributed by atoms with E-state index in [2.05, 4.69) is 5.32 Å². The second-order valence-electron chi connectivity index (χ2n) is 6.18. The molecule has 1 aromatic rings. The van der Waals surface area contributed by atoms with Gasteiger partial charge in [-0.2, -0.15) is 13.2 Å². The van der Waals surface area contributed by atoms with Crippen molar-refractivity contribution in [3.05, 3.63) is 35.1 Å². The molecular formula is C16H22Cl2F4N2. The van der Waals surface area contributed by atoms with Crippen LogP contribution in [0.1, 0.15) is 36.4 Å². The van der Waals surface area contributed by atoms with Gasteiger partial charge in [-0.1, -0.05) is 18.9 Å². The van der Waals surface area contributed by atoms with Crippen LogP contribution in [-0.2, 0) is 6.18 Å². The SMILES string of the molecule is Cl.Cl.Fc1cccc(C(F)(F)F)c1[C@H](CC1CC1)N1CCNCC1. The third-order valence-electron chi connectivity index (χ3n) is 4.54. The second kappa shape index (κ2) is 8.70. The maximum Gasteiger partial charge on any atom is 0.416 e. The van der Waals surface area contributed by atoms with E-state index in [0.717, 1.165) is 44.1 Å². The van der Waals surface area contributed by atoms with Crippen LogP contribution in [0.2, 0.25) is 0 Å². The fourth-order valence-electron chi connectivity index (χ4n) is 3.24. The van der Waals surface area contributed by atoms with E-state index in [1.165, 1.54) is 0 Å². The largest absolute Gasteiger partial charge is 0.416 e. The van der Waals surface area contributed by atoms with Gasteiger partial charge in [-0.05, 0) is 24.5 Å². The summed E-state index contributed by atoms with van der Waals surface area (Å²) >= 11 is 0. The first-order chi connectivity index (χ1) is 10.5. The molecule has 0 unspecified atom stereocenters. The molecule has 0 spiro atoms. The van der Waals surface area contributed by atoms with Gasteiger partial charge in [0.1, 0.15) is 5.82 Å². The lowest BCUT2D eigenvalue weighted by atomic mass is 9.93. The van der Waals surface area contributed by atoms with Gasteiger partial charge in [0.2, 0.25) is 0 Å². The van der Waals surface area contributed by atoms with Crippen LogP contribution in [0, 0.1) is 11.7 Å². The maximum atomic E-state index is 14.3. The molecule has 1 heterocycles. The first-order valence-electron chi connectivity index (χ1n) is 7.77. The topological polar surface area (TPSA) is 15.3 Å². The summed E-state index contributed by atoms with van der Waals surface area (Å²) in [4.78, 5) is 2.00. The zero-order chi connectivity index (χ0) is 15.7. The minimum atomic E-state index is -4.52. The lowest BCUT2D eigenvalue weighted by Crippen LogP contribution is -2.45. The molecule has 3 rings (SSSR count). The van der Waals surface area contributed by atoms with Gasteiger partial charge >= 0.3 is 6.18 Å². The Bertz CT molecular complexity index is 529. The molecule has 0 aromatic heterocycles. The molecule has 1 aliphatic carbocycles. The Hall–Kier alpha value is -0.560. The highest BCUT2D eigenvalue weighted by Gasteiger charge is 2.40. The van der Waals surface area contributed by atoms with Crippen molar-refractivity contribution in [3.8, 4) is 0 Å².